The molecule has 1 aromatic heterocycles. The number of hydrogen-bond donors (Lipinski definition) is 1. The van der Waals surface area contributed by atoms with E-state index in [0.29, 0.717) is 0 Å². The molecule has 0 aromatic carbocycles. The van der Waals surface area contributed by atoms with Crippen LogP contribution in [0.1, 0.15) is 24.7 Å². The van der Waals surface area contributed by atoms with E-state index in [1.54, 1.807) is 10.9 Å². The second kappa shape index (κ2) is 4.30. The zero-order valence-electron chi connectivity index (χ0n) is 9.01. The summed E-state index contributed by atoms with van der Waals surface area (Å²) in [7, 11) is 0. The zero-order valence-corrected chi connectivity index (χ0v) is 9.01. The Balaban J connectivity index is 2.35. The molecule has 5 heteroatoms. The van der Waals surface area contributed by atoms with Gasteiger partial charge in [0.05, 0.1) is 0 Å². The molecule has 2 heterocycles. The van der Waals surface area contributed by atoms with Crippen LogP contribution >= 0.6 is 0 Å². The third kappa shape index (κ3) is 2.03. The van der Waals surface area contributed by atoms with Crippen molar-refractivity contribution in [1.82, 2.24) is 4.98 Å². The molecule has 0 aliphatic carbocycles. The Morgan fingerprint density at radius 1 is 1.69 bits per heavy atom. The average Bonchev–Trinajstić information content (AvgIpc) is 2.28. The summed E-state index contributed by atoms with van der Waals surface area (Å²) in [5, 5.41) is 8.82. The van der Waals surface area contributed by atoms with Crippen LogP contribution in [0.15, 0.2) is 18.2 Å². The minimum atomic E-state index is -1.04. The van der Waals surface area contributed by atoms with Crippen LogP contribution in [0, 0.1) is 0 Å². The molecule has 1 N–H and O–H groups in total. The first kappa shape index (κ1) is 10.6. The highest BCUT2D eigenvalue weighted by molar-refractivity contribution is 5.89. The fourth-order valence-electron chi connectivity index (χ4n) is 1.57. The smallest absolute Gasteiger partial charge is 0.371 e. The number of hydrogen-bond acceptors (Lipinski definition) is 3. The number of rotatable bonds is 3. The third-order valence-electron chi connectivity index (χ3n) is 2.36. The number of fused-ring (bicyclic) bond motifs is 1. The normalized spacial score (nSPS) is 13.7. The molecule has 1 aliphatic heterocycles. The topological polar surface area (TPSA) is 63.3 Å². The maximum atomic E-state index is 10.8. The van der Waals surface area contributed by atoms with Gasteiger partial charge in [0.25, 0.3) is 6.33 Å². The molecule has 0 amide bonds. The molecule has 0 saturated heterocycles. The molecule has 84 valence electrons. The van der Waals surface area contributed by atoms with Crippen LogP contribution in [0.2, 0.25) is 0 Å². The van der Waals surface area contributed by atoms with Gasteiger partial charge in [-0.05, 0) is 6.42 Å². The molecule has 1 aliphatic rings. The van der Waals surface area contributed by atoms with Gasteiger partial charge in [-0.1, -0.05) is 11.9 Å². The van der Waals surface area contributed by atoms with Crippen LogP contribution < -0.4 is 4.57 Å². The van der Waals surface area contributed by atoms with Gasteiger partial charge in [0.2, 0.25) is 12.5 Å². The maximum absolute atomic E-state index is 10.8. The van der Waals surface area contributed by atoms with Crippen LogP contribution in [0.4, 0.5) is 0 Å². The number of aryl methyl sites for hydroxylation is 1. The molecule has 0 spiro atoms. The lowest BCUT2D eigenvalue weighted by atomic mass is 10.2. The largest absolute Gasteiger partial charge is 0.475 e. The van der Waals surface area contributed by atoms with E-state index in [1.165, 1.54) is 6.08 Å². The van der Waals surface area contributed by atoms with Gasteiger partial charge in [0.15, 0.2) is 5.69 Å². The lowest BCUT2D eigenvalue weighted by Gasteiger charge is -2.12. The first-order valence-electron chi connectivity index (χ1n) is 5.17. The highest BCUT2D eigenvalue weighted by Crippen LogP contribution is 2.11. The summed E-state index contributed by atoms with van der Waals surface area (Å²) >= 11 is 0. The Kier molecular flexibility index (Phi) is 2.85. The quantitative estimate of drug-likeness (QED) is 0.764. The summed E-state index contributed by atoms with van der Waals surface area (Å²) in [6, 6.07) is 1.90. The molecule has 1 aromatic rings. The SMILES string of the molecule is CCCc1cc2[n+](cn1)COC(C(=O)O)=C2. The summed E-state index contributed by atoms with van der Waals surface area (Å²) in [5.41, 5.74) is 1.79. The van der Waals surface area contributed by atoms with Crippen LogP contribution in [0.25, 0.3) is 6.08 Å². The molecule has 16 heavy (non-hydrogen) atoms. The monoisotopic (exact) mass is 221 g/mol. The fraction of sp³-hybridized carbons (Fsp3) is 0.364. The second-order valence-corrected chi connectivity index (χ2v) is 3.61. The highest BCUT2D eigenvalue weighted by Gasteiger charge is 2.20. The predicted molar refractivity (Wildman–Crippen MR) is 55.1 cm³/mol. The van der Waals surface area contributed by atoms with E-state index in [1.807, 2.05) is 6.07 Å². The first-order chi connectivity index (χ1) is 7.70. The van der Waals surface area contributed by atoms with Crippen molar-refractivity contribution in [2.24, 2.45) is 0 Å². The number of ether oxygens (including phenoxy) is 1. The van der Waals surface area contributed by atoms with E-state index < -0.39 is 5.97 Å². The Morgan fingerprint density at radius 2 is 2.50 bits per heavy atom. The third-order valence-corrected chi connectivity index (χ3v) is 2.36. The summed E-state index contributed by atoms with van der Waals surface area (Å²) < 4.78 is 6.82. The summed E-state index contributed by atoms with van der Waals surface area (Å²) in [6.07, 6.45) is 5.11. The summed E-state index contributed by atoms with van der Waals surface area (Å²) in [6.45, 7) is 2.28. The maximum Gasteiger partial charge on any atom is 0.371 e. The number of carboxylic acid groups (broad SMARTS) is 1. The minimum Gasteiger partial charge on any atom is -0.475 e. The van der Waals surface area contributed by atoms with Crippen molar-refractivity contribution in [3.63, 3.8) is 0 Å². The molecular weight excluding hydrogens is 208 g/mol. The van der Waals surface area contributed by atoms with Gasteiger partial charge >= 0.3 is 5.97 Å². The number of nitrogens with zero attached hydrogens (tertiary/aromatic N) is 2. The number of carbonyl (C=O) groups is 1. The van der Waals surface area contributed by atoms with E-state index in [2.05, 4.69) is 11.9 Å². The predicted octanol–water partition coefficient (Wildman–Crippen LogP) is 0.735. The standard InChI is InChI=1S/C11H12N2O3/c1-2-3-8-4-9-5-10(11(14)15)16-7-13(9)6-12-8/h4-6H,2-3,7H2,1H3/p+1. The molecule has 0 bridgehead atoms. The molecule has 0 saturated carbocycles. The Labute approximate surface area is 93.0 Å². The van der Waals surface area contributed by atoms with Crippen LogP contribution in [-0.4, -0.2) is 16.1 Å². The van der Waals surface area contributed by atoms with Crippen molar-refractivity contribution >= 4 is 12.0 Å². The molecular formula is C11H13N2O3+. The number of aliphatic carboxylic acids is 1. The molecule has 0 fully saturated rings. The number of carboxylic acids is 1. The summed E-state index contributed by atoms with van der Waals surface area (Å²) in [4.78, 5) is 15.0. The van der Waals surface area contributed by atoms with Gasteiger partial charge in [-0.2, -0.15) is 4.57 Å². The second-order valence-electron chi connectivity index (χ2n) is 3.61. The Hall–Kier alpha value is -1.91. The van der Waals surface area contributed by atoms with E-state index >= 15 is 0 Å². The lowest BCUT2D eigenvalue weighted by Crippen LogP contribution is -2.41. The van der Waals surface area contributed by atoms with E-state index in [4.69, 9.17) is 9.84 Å². The van der Waals surface area contributed by atoms with E-state index in [9.17, 15) is 4.79 Å². The average molecular weight is 221 g/mol. The summed E-state index contributed by atoms with van der Waals surface area (Å²) in [5.74, 6) is -1.06. The van der Waals surface area contributed by atoms with Crippen LogP contribution in [-0.2, 0) is 22.7 Å². The van der Waals surface area contributed by atoms with Crippen molar-refractivity contribution in [1.29, 1.82) is 0 Å². The van der Waals surface area contributed by atoms with E-state index in [0.717, 1.165) is 24.2 Å². The van der Waals surface area contributed by atoms with Crippen molar-refractivity contribution in [2.75, 3.05) is 0 Å². The van der Waals surface area contributed by atoms with Gasteiger partial charge in [0.1, 0.15) is 5.69 Å². The van der Waals surface area contributed by atoms with Crippen molar-refractivity contribution < 1.29 is 19.2 Å². The Morgan fingerprint density at radius 3 is 3.19 bits per heavy atom. The molecule has 0 radical (unpaired) electrons. The van der Waals surface area contributed by atoms with Crippen LogP contribution in [0.3, 0.4) is 0 Å². The minimum absolute atomic E-state index is 0.0198. The molecule has 0 unspecified atom stereocenters. The van der Waals surface area contributed by atoms with Gasteiger partial charge in [-0.15, -0.1) is 0 Å². The zero-order chi connectivity index (χ0) is 11.5. The van der Waals surface area contributed by atoms with Gasteiger partial charge < -0.3 is 9.84 Å². The Bertz CT molecular complexity index is 455. The lowest BCUT2D eigenvalue weighted by molar-refractivity contribution is -0.736. The fourth-order valence-corrected chi connectivity index (χ4v) is 1.57. The first-order valence-corrected chi connectivity index (χ1v) is 5.17. The number of aromatic nitrogens is 2. The molecule has 0 atom stereocenters. The van der Waals surface area contributed by atoms with Gasteiger partial charge in [-0.25, -0.2) is 4.79 Å². The molecule has 5 nitrogen and oxygen atoms in total. The van der Waals surface area contributed by atoms with Crippen molar-refractivity contribution in [2.45, 2.75) is 26.5 Å². The van der Waals surface area contributed by atoms with Gasteiger partial charge in [0, 0.05) is 18.6 Å². The van der Waals surface area contributed by atoms with Gasteiger partial charge in [-0.3, -0.25) is 0 Å². The van der Waals surface area contributed by atoms with Crippen LogP contribution in [0.5, 0.6) is 0 Å². The van der Waals surface area contributed by atoms with Crippen molar-refractivity contribution in [3.8, 4) is 0 Å². The molecule has 2 rings (SSSR count). The highest BCUT2D eigenvalue weighted by atomic mass is 16.5. The van der Waals surface area contributed by atoms with Crippen molar-refractivity contribution in [3.05, 3.63) is 29.5 Å². The van der Waals surface area contributed by atoms with E-state index in [-0.39, 0.29) is 12.5 Å².